The first-order valence-corrected chi connectivity index (χ1v) is 6.64. The molecule has 1 N–H and O–H groups in total. The van der Waals surface area contributed by atoms with E-state index in [2.05, 4.69) is 31.9 Å². The van der Waals surface area contributed by atoms with Gasteiger partial charge in [0, 0.05) is 9.86 Å². The number of rotatable bonds is 2. The van der Waals surface area contributed by atoms with Gasteiger partial charge in [0.05, 0.1) is 4.47 Å². The lowest BCUT2D eigenvalue weighted by Gasteiger charge is -2.10. The van der Waals surface area contributed by atoms with Crippen LogP contribution in [0.1, 0.15) is 25.7 Å². The Morgan fingerprint density at radius 1 is 1.19 bits per heavy atom. The third kappa shape index (κ3) is 2.19. The minimum absolute atomic E-state index is 0.141. The van der Waals surface area contributed by atoms with Crippen LogP contribution < -0.4 is 0 Å². The Bertz CT molecular complexity index is 517. The first kappa shape index (κ1) is 12.1. The molecule has 0 saturated carbocycles. The molecule has 4 heteroatoms. The van der Waals surface area contributed by atoms with Crippen LogP contribution in [0.4, 0.5) is 0 Å². The van der Waals surface area contributed by atoms with Crippen LogP contribution in [0.3, 0.4) is 0 Å². The number of benzene rings is 1. The van der Waals surface area contributed by atoms with Crippen molar-refractivity contribution in [1.29, 1.82) is 0 Å². The Kier molecular flexibility index (Phi) is 3.42. The zero-order valence-corrected chi connectivity index (χ0v) is 12.2. The molecular weight excluding hydrogens is 336 g/mol. The van der Waals surface area contributed by atoms with Crippen molar-refractivity contribution in [3.63, 3.8) is 0 Å². The fourth-order valence-corrected chi connectivity index (χ4v) is 2.91. The maximum atomic E-state index is 9.94. The van der Waals surface area contributed by atoms with E-state index in [9.17, 15) is 5.11 Å². The number of hydrogen-bond acceptors (Lipinski definition) is 2. The van der Waals surface area contributed by atoms with E-state index in [-0.39, 0.29) is 5.92 Å². The molecule has 2 rings (SSSR count). The van der Waals surface area contributed by atoms with Gasteiger partial charge in [-0.05, 0) is 40.0 Å². The number of aliphatic hydroxyl groups is 1. The molecule has 0 amide bonds. The second kappa shape index (κ2) is 4.51. The molecule has 1 aromatic heterocycles. The van der Waals surface area contributed by atoms with Crippen molar-refractivity contribution in [3.8, 4) is 0 Å². The van der Waals surface area contributed by atoms with Gasteiger partial charge in [-0.1, -0.05) is 29.8 Å². The lowest BCUT2D eigenvalue weighted by atomic mass is 10.1. The number of halogens is 2. The smallest absolute Gasteiger partial charge is 0.148 e. The summed E-state index contributed by atoms with van der Waals surface area (Å²) in [6.07, 6.45) is -0.557. The van der Waals surface area contributed by atoms with Gasteiger partial charge in [0.25, 0.3) is 0 Å². The normalized spacial score (nSPS) is 13.6. The molecule has 2 nitrogen and oxygen atoms in total. The molecular formula is C12H12Br2O2. The van der Waals surface area contributed by atoms with Gasteiger partial charge in [0.1, 0.15) is 17.4 Å². The summed E-state index contributed by atoms with van der Waals surface area (Å²) in [6, 6.07) is 5.78. The number of hydrogen-bond donors (Lipinski definition) is 1. The fraction of sp³-hybridized carbons (Fsp3) is 0.333. The third-order valence-corrected chi connectivity index (χ3v) is 3.52. The summed E-state index contributed by atoms with van der Waals surface area (Å²) in [5, 5.41) is 10.9. The fourth-order valence-electron chi connectivity index (χ4n) is 1.57. The maximum absolute atomic E-state index is 9.94. The van der Waals surface area contributed by atoms with Gasteiger partial charge in [-0.25, -0.2) is 0 Å². The van der Waals surface area contributed by atoms with Crippen LogP contribution in [-0.2, 0) is 0 Å². The minimum atomic E-state index is -0.557. The van der Waals surface area contributed by atoms with Crippen molar-refractivity contribution in [2.75, 3.05) is 0 Å². The highest BCUT2D eigenvalue weighted by molar-refractivity contribution is 9.11. The molecule has 1 aromatic carbocycles. The van der Waals surface area contributed by atoms with E-state index in [4.69, 9.17) is 4.42 Å². The molecule has 0 radical (unpaired) electrons. The van der Waals surface area contributed by atoms with E-state index in [0.717, 1.165) is 19.9 Å². The van der Waals surface area contributed by atoms with Crippen LogP contribution >= 0.6 is 31.9 Å². The van der Waals surface area contributed by atoms with Crippen molar-refractivity contribution in [2.45, 2.75) is 20.0 Å². The van der Waals surface area contributed by atoms with Crippen LogP contribution in [0, 0.1) is 5.92 Å². The van der Waals surface area contributed by atoms with Crippen molar-refractivity contribution < 1.29 is 9.52 Å². The van der Waals surface area contributed by atoms with E-state index in [1.807, 2.05) is 32.0 Å². The van der Waals surface area contributed by atoms with Gasteiger partial charge < -0.3 is 9.52 Å². The monoisotopic (exact) mass is 346 g/mol. The van der Waals surface area contributed by atoms with Crippen LogP contribution in [0.2, 0.25) is 0 Å². The zero-order chi connectivity index (χ0) is 11.9. The van der Waals surface area contributed by atoms with E-state index in [1.54, 1.807) is 0 Å². The first-order valence-electron chi connectivity index (χ1n) is 5.05. The molecule has 0 saturated heterocycles. The molecule has 86 valence electrons. The van der Waals surface area contributed by atoms with Crippen molar-refractivity contribution in [3.05, 3.63) is 32.9 Å². The van der Waals surface area contributed by atoms with Crippen LogP contribution in [-0.4, -0.2) is 5.11 Å². The summed E-state index contributed by atoms with van der Waals surface area (Å²) in [4.78, 5) is 0. The van der Waals surface area contributed by atoms with Crippen LogP contribution in [0.5, 0.6) is 0 Å². The molecule has 0 fully saturated rings. The minimum Gasteiger partial charge on any atom is -0.457 e. The Morgan fingerprint density at radius 3 is 2.50 bits per heavy atom. The van der Waals surface area contributed by atoms with Crippen LogP contribution in [0.15, 0.2) is 31.6 Å². The van der Waals surface area contributed by atoms with E-state index in [1.165, 1.54) is 0 Å². The summed E-state index contributed by atoms with van der Waals surface area (Å²) < 4.78 is 7.53. The Morgan fingerprint density at radius 2 is 1.88 bits per heavy atom. The van der Waals surface area contributed by atoms with Gasteiger partial charge in [-0.2, -0.15) is 0 Å². The highest BCUT2D eigenvalue weighted by Crippen LogP contribution is 2.34. The molecule has 2 aromatic rings. The number of fused-ring (bicyclic) bond motifs is 1. The van der Waals surface area contributed by atoms with Crippen LogP contribution in [0.25, 0.3) is 11.0 Å². The van der Waals surface area contributed by atoms with Gasteiger partial charge in [-0.3, -0.25) is 0 Å². The average molecular weight is 348 g/mol. The zero-order valence-electron chi connectivity index (χ0n) is 9.00. The molecule has 0 spiro atoms. The standard InChI is InChI=1S/C12H12Br2O2/c1-6(2)11(15)10-4-7-3-8(13)5-9(14)12(7)16-10/h3-6,11,15H,1-2H3. The van der Waals surface area contributed by atoms with Gasteiger partial charge in [0.2, 0.25) is 0 Å². The van der Waals surface area contributed by atoms with Crippen molar-refractivity contribution in [2.24, 2.45) is 5.92 Å². The lowest BCUT2D eigenvalue weighted by Crippen LogP contribution is -2.03. The summed E-state index contributed by atoms with van der Waals surface area (Å²) >= 11 is 6.87. The Labute approximate surface area is 111 Å². The van der Waals surface area contributed by atoms with Crippen molar-refractivity contribution >= 4 is 42.8 Å². The molecule has 1 atom stereocenters. The number of furan rings is 1. The summed E-state index contributed by atoms with van der Waals surface area (Å²) in [5.74, 6) is 0.756. The quantitative estimate of drug-likeness (QED) is 0.857. The number of aliphatic hydroxyl groups excluding tert-OH is 1. The largest absolute Gasteiger partial charge is 0.457 e. The molecule has 0 aliphatic heterocycles. The van der Waals surface area contributed by atoms with E-state index < -0.39 is 6.10 Å². The highest BCUT2D eigenvalue weighted by atomic mass is 79.9. The van der Waals surface area contributed by atoms with Gasteiger partial charge >= 0.3 is 0 Å². The molecule has 1 heterocycles. The predicted molar refractivity (Wildman–Crippen MR) is 71.4 cm³/mol. The summed E-state index contributed by atoms with van der Waals surface area (Å²) in [6.45, 7) is 3.92. The van der Waals surface area contributed by atoms with E-state index in [0.29, 0.717) is 5.76 Å². The molecule has 1 unspecified atom stereocenters. The Balaban J connectivity index is 2.56. The maximum Gasteiger partial charge on any atom is 0.148 e. The summed E-state index contributed by atoms with van der Waals surface area (Å²) in [5.41, 5.74) is 0.776. The third-order valence-electron chi connectivity index (χ3n) is 2.48. The predicted octanol–water partition coefficient (Wildman–Crippen LogP) is 4.65. The lowest BCUT2D eigenvalue weighted by molar-refractivity contribution is 0.104. The molecule has 0 aliphatic rings. The Hall–Kier alpha value is -0.320. The SMILES string of the molecule is CC(C)C(O)c1cc2cc(Br)cc(Br)c2o1. The topological polar surface area (TPSA) is 33.4 Å². The van der Waals surface area contributed by atoms with Gasteiger partial charge in [0.15, 0.2) is 0 Å². The first-order chi connectivity index (χ1) is 7.49. The average Bonchev–Trinajstić information content (AvgIpc) is 2.60. The van der Waals surface area contributed by atoms with E-state index >= 15 is 0 Å². The van der Waals surface area contributed by atoms with Crippen molar-refractivity contribution in [1.82, 2.24) is 0 Å². The second-order valence-corrected chi connectivity index (χ2v) is 5.91. The molecule has 0 aliphatic carbocycles. The van der Waals surface area contributed by atoms with Gasteiger partial charge in [-0.15, -0.1) is 0 Å². The second-order valence-electron chi connectivity index (χ2n) is 4.14. The highest BCUT2D eigenvalue weighted by Gasteiger charge is 2.18. The molecule has 0 bridgehead atoms. The molecule has 16 heavy (non-hydrogen) atoms. The summed E-state index contributed by atoms with van der Waals surface area (Å²) in [7, 11) is 0.